The molecule has 0 bridgehead atoms. The molecular formula is C17H18N2O4. The minimum Gasteiger partial charge on any atom is -0.487 e. The first kappa shape index (κ1) is 16.5. The molecule has 0 unspecified atom stereocenters. The van der Waals surface area contributed by atoms with E-state index in [-0.39, 0.29) is 22.9 Å². The van der Waals surface area contributed by atoms with Crippen molar-refractivity contribution in [2.24, 2.45) is 0 Å². The van der Waals surface area contributed by atoms with Crippen LogP contribution in [0.3, 0.4) is 0 Å². The number of hydrogen-bond donors (Lipinski definition) is 1. The topological polar surface area (TPSA) is 81.5 Å². The fraction of sp³-hybridized carbons (Fsp3) is 0.235. The van der Waals surface area contributed by atoms with Crippen molar-refractivity contribution in [1.29, 1.82) is 0 Å². The highest BCUT2D eigenvalue weighted by atomic mass is 16.6. The van der Waals surface area contributed by atoms with Gasteiger partial charge in [-0.3, -0.25) is 14.9 Å². The van der Waals surface area contributed by atoms with Crippen LogP contribution >= 0.6 is 0 Å². The van der Waals surface area contributed by atoms with Gasteiger partial charge in [0.15, 0.2) is 5.75 Å². The zero-order valence-corrected chi connectivity index (χ0v) is 12.8. The Morgan fingerprint density at radius 1 is 1.22 bits per heavy atom. The number of rotatable bonds is 7. The van der Waals surface area contributed by atoms with Crippen molar-refractivity contribution in [1.82, 2.24) is 5.32 Å². The number of nitro benzene ring substituents is 1. The third-order valence-corrected chi connectivity index (χ3v) is 3.26. The van der Waals surface area contributed by atoms with Crippen LogP contribution in [0.4, 0.5) is 5.69 Å². The lowest BCUT2D eigenvalue weighted by atomic mass is 10.1. The molecule has 0 aliphatic carbocycles. The van der Waals surface area contributed by atoms with Crippen LogP contribution in [0, 0.1) is 10.1 Å². The standard InChI is InChI=1S/C17H18N2O4/c1-2-23-16-9-8-14(12-15(16)19(21)22)17(20)18-11-10-13-6-4-3-5-7-13/h3-9,12H,2,10-11H2,1H3,(H,18,20). The van der Waals surface area contributed by atoms with Gasteiger partial charge in [0.1, 0.15) is 0 Å². The lowest BCUT2D eigenvalue weighted by Crippen LogP contribution is -2.25. The van der Waals surface area contributed by atoms with Crippen molar-refractivity contribution in [2.75, 3.05) is 13.2 Å². The minimum atomic E-state index is -0.550. The number of hydrogen-bond acceptors (Lipinski definition) is 4. The largest absolute Gasteiger partial charge is 0.487 e. The van der Waals surface area contributed by atoms with Crippen molar-refractivity contribution in [3.05, 3.63) is 69.8 Å². The average Bonchev–Trinajstić information content (AvgIpc) is 2.56. The predicted octanol–water partition coefficient (Wildman–Crippen LogP) is 2.97. The van der Waals surface area contributed by atoms with E-state index in [0.717, 1.165) is 5.56 Å². The van der Waals surface area contributed by atoms with Gasteiger partial charge in [-0.15, -0.1) is 0 Å². The molecule has 120 valence electrons. The smallest absolute Gasteiger partial charge is 0.311 e. The van der Waals surface area contributed by atoms with Crippen molar-refractivity contribution < 1.29 is 14.5 Å². The van der Waals surface area contributed by atoms with Crippen molar-refractivity contribution in [3.63, 3.8) is 0 Å². The maximum atomic E-state index is 12.1. The van der Waals surface area contributed by atoms with Crippen LogP contribution in [-0.4, -0.2) is 24.0 Å². The summed E-state index contributed by atoms with van der Waals surface area (Å²) in [7, 11) is 0. The third-order valence-electron chi connectivity index (χ3n) is 3.26. The summed E-state index contributed by atoms with van der Waals surface area (Å²) in [5.74, 6) is -0.176. The lowest BCUT2D eigenvalue weighted by molar-refractivity contribution is -0.385. The number of ether oxygens (including phenoxy) is 1. The van der Waals surface area contributed by atoms with Gasteiger partial charge < -0.3 is 10.1 Å². The molecule has 6 nitrogen and oxygen atoms in total. The van der Waals surface area contributed by atoms with Crippen LogP contribution in [0.2, 0.25) is 0 Å². The van der Waals surface area contributed by atoms with Gasteiger partial charge in [0.25, 0.3) is 5.91 Å². The minimum absolute atomic E-state index is 0.165. The van der Waals surface area contributed by atoms with E-state index in [1.807, 2.05) is 30.3 Å². The summed E-state index contributed by atoms with van der Waals surface area (Å²) in [4.78, 5) is 22.6. The number of carbonyl (C=O) groups is 1. The Labute approximate surface area is 134 Å². The van der Waals surface area contributed by atoms with E-state index in [0.29, 0.717) is 19.6 Å². The maximum Gasteiger partial charge on any atom is 0.311 e. The quantitative estimate of drug-likeness (QED) is 0.629. The van der Waals surface area contributed by atoms with Gasteiger partial charge in [0.05, 0.1) is 11.5 Å². The van der Waals surface area contributed by atoms with Crippen LogP contribution < -0.4 is 10.1 Å². The van der Waals surface area contributed by atoms with E-state index in [4.69, 9.17) is 4.74 Å². The van der Waals surface area contributed by atoms with Crippen molar-refractivity contribution in [2.45, 2.75) is 13.3 Å². The molecule has 2 aromatic carbocycles. The Bertz CT molecular complexity index is 686. The van der Waals surface area contributed by atoms with Gasteiger partial charge >= 0.3 is 5.69 Å². The number of carbonyl (C=O) groups excluding carboxylic acids is 1. The molecule has 2 aromatic rings. The molecule has 0 aromatic heterocycles. The first-order valence-corrected chi connectivity index (χ1v) is 7.35. The highest BCUT2D eigenvalue weighted by molar-refractivity contribution is 5.95. The van der Waals surface area contributed by atoms with Crippen molar-refractivity contribution in [3.8, 4) is 5.75 Å². The second kappa shape index (κ2) is 7.93. The van der Waals surface area contributed by atoms with E-state index < -0.39 is 4.92 Å². The monoisotopic (exact) mass is 314 g/mol. The van der Waals surface area contributed by atoms with Crippen LogP contribution in [0.15, 0.2) is 48.5 Å². The number of nitrogens with zero attached hydrogens (tertiary/aromatic N) is 1. The van der Waals surface area contributed by atoms with E-state index >= 15 is 0 Å². The molecule has 0 spiro atoms. The Balaban J connectivity index is 2.01. The zero-order chi connectivity index (χ0) is 16.7. The van der Waals surface area contributed by atoms with Gasteiger partial charge in [-0.05, 0) is 31.0 Å². The molecule has 0 saturated carbocycles. The number of nitrogens with one attached hydrogen (secondary N) is 1. The van der Waals surface area contributed by atoms with E-state index in [2.05, 4.69) is 5.32 Å². The fourth-order valence-electron chi connectivity index (χ4n) is 2.15. The second-order valence-electron chi connectivity index (χ2n) is 4.86. The molecule has 0 aliphatic rings. The molecule has 0 fully saturated rings. The summed E-state index contributed by atoms with van der Waals surface area (Å²) in [5, 5.41) is 13.8. The second-order valence-corrected chi connectivity index (χ2v) is 4.86. The van der Waals surface area contributed by atoms with Crippen LogP contribution in [0.25, 0.3) is 0 Å². The molecule has 0 radical (unpaired) electrons. The Morgan fingerprint density at radius 2 is 1.96 bits per heavy atom. The Kier molecular flexibility index (Phi) is 5.68. The number of benzene rings is 2. The van der Waals surface area contributed by atoms with Crippen molar-refractivity contribution >= 4 is 11.6 Å². The SMILES string of the molecule is CCOc1ccc(C(=O)NCCc2ccccc2)cc1[N+](=O)[O-]. The molecule has 1 amide bonds. The van der Waals surface area contributed by atoms with Gasteiger partial charge in [-0.1, -0.05) is 30.3 Å². The normalized spacial score (nSPS) is 10.1. The Morgan fingerprint density at radius 3 is 2.61 bits per heavy atom. The van der Waals surface area contributed by atoms with Crippen LogP contribution in [-0.2, 0) is 6.42 Å². The molecule has 23 heavy (non-hydrogen) atoms. The Hall–Kier alpha value is -2.89. The summed E-state index contributed by atoms with van der Waals surface area (Å²) in [6.07, 6.45) is 0.700. The average molecular weight is 314 g/mol. The summed E-state index contributed by atoms with van der Waals surface area (Å²) in [6.45, 7) is 2.53. The maximum absolute atomic E-state index is 12.1. The lowest BCUT2D eigenvalue weighted by Gasteiger charge is -2.08. The molecule has 2 rings (SSSR count). The molecule has 6 heteroatoms. The predicted molar refractivity (Wildman–Crippen MR) is 86.7 cm³/mol. The van der Waals surface area contributed by atoms with Gasteiger partial charge in [0, 0.05) is 18.2 Å². The molecule has 0 heterocycles. The first-order valence-electron chi connectivity index (χ1n) is 7.35. The number of nitro groups is 1. The van der Waals surface area contributed by atoms with E-state index in [1.54, 1.807) is 6.92 Å². The highest BCUT2D eigenvalue weighted by Gasteiger charge is 2.18. The molecule has 0 saturated heterocycles. The molecular weight excluding hydrogens is 296 g/mol. The summed E-state index contributed by atoms with van der Waals surface area (Å²) < 4.78 is 5.20. The molecule has 0 atom stereocenters. The van der Waals surface area contributed by atoms with Gasteiger partial charge in [0.2, 0.25) is 0 Å². The van der Waals surface area contributed by atoms with Gasteiger partial charge in [-0.2, -0.15) is 0 Å². The van der Waals surface area contributed by atoms with E-state index in [9.17, 15) is 14.9 Å². The van der Waals surface area contributed by atoms with Crippen LogP contribution in [0.5, 0.6) is 5.75 Å². The zero-order valence-electron chi connectivity index (χ0n) is 12.8. The summed E-state index contributed by atoms with van der Waals surface area (Å²) >= 11 is 0. The number of amides is 1. The highest BCUT2D eigenvalue weighted by Crippen LogP contribution is 2.27. The van der Waals surface area contributed by atoms with E-state index in [1.165, 1.54) is 18.2 Å². The summed E-state index contributed by atoms with van der Waals surface area (Å²) in [6, 6.07) is 14.0. The third kappa shape index (κ3) is 4.54. The molecule has 1 N–H and O–H groups in total. The summed E-state index contributed by atoms with van der Waals surface area (Å²) in [5.41, 5.74) is 1.15. The van der Waals surface area contributed by atoms with Crippen LogP contribution in [0.1, 0.15) is 22.8 Å². The van der Waals surface area contributed by atoms with Gasteiger partial charge in [-0.25, -0.2) is 0 Å². The fourth-order valence-corrected chi connectivity index (χ4v) is 2.15. The molecule has 0 aliphatic heterocycles. The first-order chi connectivity index (χ1) is 11.1.